The molecular formula is C13H23N3O. The van der Waals surface area contributed by atoms with Crippen molar-refractivity contribution in [2.75, 3.05) is 19.7 Å². The molecule has 1 aromatic rings. The number of likely N-dealkylation sites (tertiary alicyclic amines) is 1. The zero-order valence-electron chi connectivity index (χ0n) is 10.5. The first kappa shape index (κ1) is 12.6. The Morgan fingerprint density at radius 3 is 2.88 bits per heavy atom. The lowest BCUT2D eigenvalue weighted by Gasteiger charge is -2.22. The van der Waals surface area contributed by atoms with Gasteiger partial charge in [0.25, 0.3) is 0 Å². The van der Waals surface area contributed by atoms with E-state index < -0.39 is 0 Å². The van der Waals surface area contributed by atoms with Crippen LogP contribution in [0, 0.1) is 0 Å². The second-order valence-corrected chi connectivity index (χ2v) is 4.84. The quantitative estimate of drug-likeness (QED) is 0.731. The molecule has 0 radical (unpaired) electrons. The molecule has 0 bridgehead atoms. The lowest BCUT2D eigenvalue weighted by atomic mass is 10.2. The van der Waals surface area contributed by atoms with Crippen LogP contribution in [0.1, 0.15) is 32.1 Å². The third-order valence-corrected chi connectivity index (χ3v) is 3.60. The summed E-state index contributed by atoms with van der Waals surface area (Å²) >= 11 is 0. The molecule has 1 aromatic heterocycles. The van der Waals surface area contributed by atoms with Crippen LogP contribution in [0.3, 0.4) is 0 Å². The summed E-state index contributed by atoms with van der Waals surface area (Å²) in [5, 5.41) is 13.4. The standard InChI is InChI=1S/C13H23N3O/c17-12-13-6-4-9-15(13)8-2-1-3-10-16-11-5-7-14-16/h5,7,11,13,17H,1-4,6,8-10,12H2. The first-order valence-corrected chi connectivity index (χ1v) is 6.72. The van der Waals surface area contributed by atoms with E-state index in [2.05, 4.69) is 10.00 Å². The Morgan fingerprint density at radius 2 is 2.12 bits per heavy atom. The van der Waals surface area contributed by atoms with Gasteiger partial charge >= 0.3 is 0 Å². The van der Waals surface area contributed by atoms with Gasteiger partial charge in [0.15, 0.2) is 0 Å². The highest BCUT2D eigenvalue weighted by Crippen LogP contribution is 2.17. The van der Waals surface area contributed by atoms with Gasteiger partial charge in [-0.1, -0.05) is 6.42 Å². The molecule has 0 aliphatic carbocycles. The Hall–Kier alpha value is -0.870. The van der Waals surface area contributed by atoms with E-state index in [0.717, 1.165) is 13.1 Å². The van der Waals surface area contributed by atoms with Gasteiger partial charge in [0.1, 0.15) is 0 Å². The molecule has 1 atom stereocenters. The molecule has 96 valence electrons. The molecule has 1 fully saturated rings. The van der Waals surface area contributed by atoms with Gasteiger partial charge in [0.05, 0.1) is 6.61 Å². The van der Waals surface area contributed by atoms with Crippen LogP contribution < -0.4 is 0 Å². The molecule has 0 spiro atoms. The highest BCUT2D eigenvalue weighted by Gasteiger charge is 2.22. The number of hydrogen-bond acceptors (Lipinski definition) is 3. The summed E-state index contributed by atoms with van der Waals surface area (Å²) in [5.41, 5.74) is 0. The van der Waals surface area contributed by atoms with Crippen LogP contribution in [-0.2, 0) is 6.54 Å². The second-order valence-electron chi connectivity index (χ2n) is 4.84. The van der Waals surface area contributed by atoms with Gasteiger partial charge in [-0.05, 0) is 44.8 Å². The molecule has 1 unspecified atom stereocenters. The van der Waals surface area contributed by atoms with E-state index in [4.69, 9.17) is 0 Å². The minimum absolute atomic E-state index is 0.327. The van der Waals surface area contributed by atoms with Crippen molar-refractivity contribution in [1.29, 1.82) is 0 Å². The number of nitrogens with zero attached hydrogens (tertiary/aromatic N) is 3. The van der Waals surface area contributed by atoms with Gasteiger partial charge < -0.3 is 5.11 Å². The summed E-state index contributed by atoms with van der Waals surface area (Å²) in [7, 11) is 0. The highest BCUT2D eigenvalue weighted by atomic mass is 16.3. The molecule has 0 saturated carbocycles. The Balaban J connectivity index is 1.54. The van der Waals surface area contributed by atoms with Gasteiger partial charge in [0.2, 0.25) is 0 Å². The fraction of sp³-hybridized carbons (Fsp3) is 0.769. The molecule has 1 saturated heterocycles. The zero-order chi connectivity index (χ0) is 11.9. The van der Waals surface area contributed by atoms with Crippen molar-refractivity contribution in [2.45, 2.75) is 44.7 Å². The number of aliphatic hydroxyl groups is 1. The minimum atomic E-state index is 0.327. The first-order valence-electron chi connectivity index (χ1n) is 6.72. The summed E-state index contributed by atoms with van der Waals surface area (Å²) in [6.45, 7) is 3.67. The van der Waals surface area contributed by atoms with Crippen LogP contribution >= 0.6 is 0 Å². The molecule has 1 N–H and O–H groups in total. The topological polar surface area (TPSA) is 41.3 Å². The van der Waals surface area contributed by atoms with Gasteiger partial charge in [-0.3, -0.25) is 9.58 Å². The van der Waals surface area contributed by atoms with Crippen LogP contribution in [0.2, 0.25) is 0 Å². The Kier molecular flexibility index (Phi) is 5.01. The summed E-state index contributed by atoms with van der Waals surface area (Å²) < 4.78 is 1.99. The molecule has 0 amide bonds. The molecule has 2 rings (SSSR count). The molecule has 4 nitrogen and oxygen atoms in total. The Morgan fingerprint density at radius 1 is 1.24 bits per heavy atom. The van der Waals surface area contributed by atoms with Crippen LogP contribution in [0.4, 0.5) is 0 Å². The number of aryl methyl sites for hydroxylation is 1. The summed E-state index contributed by atoms with van der Waals surface area (Å²) in [6, 6.07) is 2.40. The van der Waals surface area contributed by atoms with Crippen LogP contribution in [0.5, 0.6) is 0 Å². The SMILES string of the molecule is OCC1CCCN1CCCCCn1cccn1. The molecule has 1 aliphatic rings. The number of rotatable bonds is 7. The molecule has 1 aliphatic heterocycles. The fourth-order valence-corrected chi connectivity index (χ4v) is 2.59. The summed E-state index contributed by atoms with van der Waals surface area (Å²) in [5.74, 6) is 0. The number of aliphatic hydroxyl groups excluding tert-OH is 1. The monoisotopic (exact) mass is 237 g/mol. The van der Waals surface area contributed by atoms with E-state index in [1.54, 1.807) is 0 Å². The third-order valence-electron chi connectivity index (χ3n) is 3.60. The Bertz CT molecular complexity index is 300. The number of hydrogen-bond donors (Lipinski definition) is 1. The van der Waals surface area contributed by atoms with E-state index in [9.17, 15) is 5.11 Å². The Labute approximate surface area is 103 Å². The van der Waals surface area contributed by atoms with Gasteiger partial charge in [-0.15, -0.1) is 0 Å². The maximum atomic E-state index is 9.21. The number of unbranched alkanes of at least 4 members (excludes halogenated alkanes) is 2. The van der Waals surface area contributed by atoms with Crippen molar-refractivity contribution >= 4 is 0 Å². The summed E-state index contributed by atoms with van der Waals surface area (Å²) in [6.07, 6.45) is 9.94. The molecule has 17 heavy (non-hydrogen) atoms. The molecular weight excluding hydrogens is 214 g/mol. The van der Waals surface area contributed by atoms with Crippen molar-refractivity contribution in [2.24, 2.45) is 0 Å². The fourth-order valence-electron chi connectivity index (χ4n) is 2.59. The summed E-state index contributed by atoms with van der Waals surface area (Å²) in [4.78, 5) is 2.44. The molecule has 0 aromatic carbocycles. The van der Waals surface area contributed by atoms with Crippen LogP contribution in [-0.4, -0.2) is 45.5 Å². The van der Waals surface area contributed by atoms with E-state index in [1.165, 1.54) is 38.6 Å². The van der Waals surface area contributed by atoms with Crippen LogP contribution in [0.25, 0.3) is 0 Å². The predicted molar refractivity (Wildman–Crippen MR) is 67.8 cm³/mol. The third kappa shape index (κ3) is 3.82. The van der Waals surface area contributed by atoms with Gasteiger partial charge in [-0.2, -0.15) is 5.10 Å². The largest absolute Gasteiger partial charge is 0.395 e. The zero-order valence-corrected chi connectivity index (χ0v) is 10.5. The van der Waals surface area contributed by atoms with Crippen molar-refractivity contribution in [3.05, 3.63) is 18.5 Å². The molecule has 4 heteroatoms. The smallest absolute Gasteiger partial charge is 0.0586 e. The van der Waals surface area contributed by atoms with Crippen LogP contribution in [0.15, 0.2) is 18.5 Å². The maximum Gasteiger partial charge on any atom is 0.0586 e. The number of aromatic nitrogens is 2. The van der Waals surface area contributed by atoms with E-state index in [0.29, 0.717) is 12.6 Å². The van der Waals surface area contributed by atoms with Gasteiger partial charge in [0, 0.05) is 25.0 Å². The average molecular weight is 237 g/mol. The van der Waals surface area contributed by atoms with E-state index in [1.807, 2.05) is 23.1 Å². The van der Waals surface area contributed by atoms with Crippen molar-refractivity contribution in [1.82, 2.24) is 14.7 Å². The first-order chi connectivity index (χ1) is 8.40. The molecule has 2 heterocycles. The van der Waals surface area contributed by atoms with Gasteiger partial charge in [-0.25, -0.2) is 0 Å². The predicted octanol–water partition coefficient (Wildman–Crippen LogP) is 1.51. The lowest BCUT2D eigenvalue weighted by Crippen LogP contribution is -2.32. The average Bonchev–Trinajstić information content (AvgIpc) is 2.98. The van der Waals surface area contributed by atoms with E-state index >= 15 is 0 Å². The van der Waals surface area contributed by atoms with Crippen molar-refractivity contribution in [3.63, 3.8) is 0 Å². The van der Waals surface area contributed by atoms with E-state index in [-0.39, 0.29) is 0 Å². The normalized spacial score (nSPS) is 21.1. The lowest BCUT2D eigenvalue weighted by molar-refractivity contribution is 0.157. The highest BCUT2D eigenvalue weighted by molar-refractivity contribution is 4.78. The van der Waals surface area contributed by atoms with Crippen molar-refractivity contribution < 1.29 is 5.11 Å². The maximum absolute atomic E-state index is 9.21. The van der Waals surface area contributed by atoms with Crippen molar-refractivity contribution in [3.8, 4) is 0 Å². The second kappa shape index (κ2) is 6.77. The minimum Gasteiger partial charge on any atom is -0.395 e.